The zero-order valence-electron chi connectivity index (χ0n) is 53.9. The number of nitrogens with zero attached hydrogens (tertiary/aromatic N) is 1. The van der Waals surface area contributed by atoms with E-state index in [0.29, 0.717) is 17.4 Å². The summed E-state index contributed by atoms with van der Waals surface area (Å²) in [6.45, 7) is 4.69. The summed E-state index contributed by atoms with van der Waals surface area (Å²) in [7, 11) is 1.26. The van der Waals surface area contributed by atoms with Crippen molar-refractivity contribution in [3.8, 4) is 0 Å². The van der Waals surface area contributed by atoms with Crippen LogP contribution < -0.4 is 10.2 Å². The second kappa shape index (κ2) is 61.5. The van der Waals surface area contributed by atoms with Gasteiger partial charge in [-0.3, -0.25) is 9.36 Å². The van der Waals surface area contributed by atoms with Gasteiger partial charge in [0.15, 0.2) is 0 Å². The maximum atomic E-state index is 13.0. The van der Waals surface area contributed by atoms with Gasteiger partial charge in [0.25, 0.3) is 7.82 Å². The molecule has 0 radical (unpaired) electrons. The van der Waals surface area contributed by atoms with Crippen LogP contribution in [0.15, 0.2) is 24.3 Å². The van der Waals surface area contributed by atoms with Crippen molar-refractivity contribution in [3.63, 3.8) is 0 Å². The van der Waals surface area contributed by atoms with Crippen molar-refractivity contribution in [2.45, 2.75) is 379 Å². The normalized spacial score (nSPS) is 13.8. The number of phosphoric acid groups is 1. The minimum absolute atomic E-state index is 0.00345. The van der Waals surface area contributed by atoms with Gasteiger partial charge in [-0.25, -0.2) is 0 Å². The van der Waals surface area contributed by atoms with Gasteiger partial charge < -0.3 is 28.8 Å². The number of aliphatic hydroxyl groups is 1. The highest BCUT2D eigenvalue weighted by atomic mass is 31.2. The summed E-state index contributed by atoms with van der Waals surface area (Å²) >= 11 is 0. The fourth-order valence-electron chi connectivity index (χ4n) is 10.9. The van der Waals surface area contributed by atoms with E-state index in [1.165, 1.54) is 308 Å². The molecule has 0 aliphatic carbocycles. The number of amides is 1. The Labute approximate surface area is 494 Å². The number of hydrogen-bond acceptors (Lipinski definition) is 6. The zero-order chi connectivity index (χ0) is 57.7. The van der Waals surface area contributed by atoms with Gasteiger partial charge in [-0.2, -0.15) is 0 Å². The predicted molar refractivity (Wildman–Crippen MR) is 344 cm³/mol. The lowest BCUT2D eigenvalue weighted by atomic mass is 10.0. The number of aliphatic hydroxyl groups excluding tert-OH is 1. The van der Waals surface area contributed by atoms with Crippen molar-refractivity contribution in [2.24, 2.45) is 0 Å². The Kier molecular flexibility index (Phi) is 60.7. The number of hydrogen-bond donors (Lipinski definition) is 2. The molecule has 0 rings (SSSR count). The average molecular weight is 1140 g/mol. The number of carbonyl (C=O) groups excluding carboxylic acids is 1. The first-order valence-electron chi connectivity index (χ1n) is 35.2. The molecule has 0 spiro atoms. The molecule has 3 atom stereocenters. The van der Waals surface area contributed by atoms with E-state index in [4.69, 9.17) is 9.05 Å². The van der Waals surface area contributed by atoms with E-state index >= 15 is 0 Å². The van der Waals surface area contributed by atoms with Gasteiger partial charge in [0.05, 0.1) is 39.9 Å². The number of phosphoric ester groups is 1. The average Bonchev–Trinajstić information content (AvgIpc) is 3.42. The third kappa shape index (κ3) is 64.4. The minimum atomic E-state index is -4.61. The molecule has 9 heteroatoms. The maximum Gasteiger partial charge on any atom is 0.268 e. The van der Waals surface area contributed by atoms with E-state index < -0.39 is 20.0 Å². The van der Waals surface area contributed by atoms with Gasteiger partial charge in [0.1, 0.15) is 13.2 Å². The molecular weight excluding hydrogens is 996 g/mol. The molecule has 0 aromatic rings. The van der Waals surface area contributed by atoms with E-state index in [-0.39, 0.29) is 19.1 Å². The Bertz CT molecular complexity index is 1340. The molecule has 79 heavy (non-hydrogen) atoms. The molecule has 0 heterocycles. The van der Waals surface area contributed by atoms with E-state index in [2.05, 4.69) is 31.3 Å². The maximum absolute atomic E-state index is 13.0. The van der Waals surface area contributed by atoms with Crippen LogP contribution in [0, 0.1) is 0 Å². The lowest BCUT2D eigenvalue weighted by molar-refractivity contribution is -0.870. The molecule has 0 bridgehead atoms. The molecule has 0 aromatic carbocycles. The Morgan fingerprint density at radius 3 is 1.03 bits per heavy atom. The number of carbonyl (C=O) groups is 1. The number of rotatable bonds is 66. The molecule has 8 nitrogen and oxygen atoms in total. The van der Waals surface area contributed by atoms with Gasteiger partial charge in [-0.1, -0.05) is 353 Å². The standard InChI is InChI=1S/C70H139N2O6P/c1-6-8-10-12-14-16-18-20-22-24-26-28-30-31-32-33-34-35-36-37-38-39-40-42-44-46-48-50-52-54-56-58-60-62-64-70(74)71-68(67-78-79(75,76)77-66-65-72(3,4)5)69(73)63-61-59-57-55-53-51-49-47-45-43-41-29-27-25-23-21-19-17-15-13-11-9-7-2/h53,55,61,63,68-69,73H,6-52,54,56-60,62,64-67H2,1-5H3,(H-,71,74,75,76)/b55-53+,63-61+. The Hall–Kier alpha value is -1.02. The van der Waals surface area contributed by atoms with Crippen LogP contribution in [0.2, 0.25) is 0 Å². The van der Waals surface area contributed by atoms with Crippen molar-refractivity contribution < 1.29 is 32.9 Å². The molecule has 1 amide bonds. The molecule has 3 unspecified atom stereocenters. The summed E-state index contributed by atoms with van der Waals surface area (Å²) in [5, 5.41) is 13.9. The molecule has 0 fully saturated rings. The summed E-state index contributed by atoms with van der Waals surface area (Å²) in [6.07, 6.45) is 80.3. The van der Waals surface area contributed by atoms with Crippen molar-refractivity contribution in [2.75, 3.05) is 40.9 Å². The van der Waals surface area contributed by atoms with Crippen LogP contribution in [0.25, 0.3) is 0 Å². The van der Waals surface area contributed by atoms with Crippen LogP contribution in [0.1, 0.15) is 367 Å². The highest BCUT2D eigenvalue weighted by Crippen LogP contribution is 2.38. The predicted octanol–water partition coefficient (Wildman–Crippen LogP) is 21.6. The van der Waals surface area contributed by atoms with Crippen molar-refractivity contribution in [1.82, 2.24) is 5.32 Å². The van der Waals surface area contributed by atoms with Gasteiger partial charge in [0.2, 0.25) is 5.91 Å². The van der Waals surface area contributed by atoms with Crippen molar-refractivity contribution in [3.05, 3.63) is 24.3 Å². The first-order chi connectivity index (χ1) is 38.5. The van der Waals surface area contributed by atoms with Crippen LogP contribution in [0.4, 0.5) is 0 Å². The highest BCUT2D eigenvalue weighted by Gasteiger charge is 2.23. The van der Waals surface area contributed by atoms with Crippen LogP contribution in [-0.2, 0) is 18.4 Å². The quantitative estimate of drug-likeness (QED) is 0.0272. The monoisotopic (exact) mass is 1140 g/mol. The lowest BCUT2D eigenvalue weighted by Crippen LogP contribution is -2.45. The van der Waals surface area contributed by atoms with Crippen LogP contribution in [0.5, 0.6) is 0 Å². The van der Waals surface area contributed by atoms with Crippen LogP contribution >= 0.6 is 7.82 Å². The number of quaternary nitrogens is 1. The van der Waals surface area contributed by atoms with Crippen LogP contribution in [-0.4, -0.2) is 68.5 Å². The summed E-state index contributed by atoms with van der Waals surface area (Å²) < 4.78 is 23.4. The smallest absolute Gasteiger partial charge is 0.268 e. The molecule has 2 N–H and O–H groups in total. The molecule has 470 valence electrons. The summed E-state index contributed by atoms with van der Waals surface area (Å²) in [5.74, 6) is -0.198. The molecule has 0 aliphatic rings. The third-order valence-corrected chi connectivity index (χ3v) is 17.4. The largest absolute Gasteiger partial charge is 0.756 e. The molecule has 0 aromatic heterocycles. The Morgan fingerprint density at radius 1 is 0.430 bits per heavy atom. The Balaban J connectivity index is 4.01. The molecule has 0 saturated carbocycles. The number of unbranched alkanes of at least 4 members (excludes halogenated alkanes) is 51. The van der Waals surface area contributed by atoms with E-state index in [1.807, 2.05) is 27.2 Å². The topological polar surface area (TPSA) is 108 Å². The zero-order valence-corrected chi connectivity index (χ0v) is 54.8. The number of nitrogens with one attached hydrogen (secondary N) is 1. The second-order valence-corrected chi connectivity index (χ2v) is 27.0. The van der Waals surface area contributed by atoms with Gasteiger partial charge in [0, 0.05) is 6.42 Å². The minimum Gasteiger partial charge on any atom is -0.756 e. The Morgan fingerprint density at radius 2 is 0.709 bits per heavy atom. The van der Waals surface area contributed by atoms with Gasteiger partial charge in [-0.15, -0.1) is 0 Å². The van der Waals surface area contributed by atoms with Crippen LogP contribution in [0.3, 0.4) is 0 Å². The second-order valence-electron chi connectivity index (χ2n) is 25.6. The molecule has 0 aliphatic heterocycles. The first kappa shape index (κ1) is 78.0. The lowest BCUT2D eigenvalue weighted by Gasteiger charge is -2.29. The third-order valence-electron chi connectivity index (χ3n) is 16.4. The molecular formula is C70H139N2O6P. The highest BCUT2D eigenvalue weighted by molar-refractivity contribution is 7.45. The SMILES string of the molecule is CCCCCCCCCCCCCCCCCCC/C=C/CC/C=C/C(O)C(COP(=O)([O-])OCC[N+](C)(C)C)NC(=O)CCCCCCCCCCCCCCCCCCCCCCCCCCCCCCCCCCCC. The van der Waals surface area contributed by atoms with E-state index in [9.17, 15) is 19.4 Å². The summed E-state index contributed by atoms with van der Waals surface area (Å²) in [6, 6.07) is -0.901. The van der Waals surface area contributed by atoms with Crippen molar-refractivity contribution >= 4 is 13.7 Å². The van der Waals surface area contributed by atoms with Gasteiger partial charge in [-0.05, 0) is 32.1 Å². The fraction of sp³-hybridized carbons (Fsp3) is 0.929. The summed E-state index contributed by atoms with van der Waals surface area (Å²) in [5.41, 5.74) is 0. The van der Waals surface area contributed by atoms with Crippen molar-refractivity contribution in [1.29, 1.82) is 0 Å². The number of allylic oxidation sites excluding steroid dienone is 3. The summed E-state index contributed by atoms with van der Waals surface area (Å²) in [4.78, 5) is 25.6. The van der Waals surface area contributed by atoms with Gasteiger partial charge >= 0.3 is 0 Å². The van der Waals surface area contributed by atoms with E-state index in [0.717, 1.165) is 38.5 Å². The molecule has 0 saturated heterocycles. The number of likely N-dealkylation sites (N-methyl/N-ethyl adjacent to an activating group) is 1. The first-order valence-corrected chi connectivity index (χ1v) is 36.7. The van der Waals surface area contributed by atoms with E-state index in [1.54, 1.807) is 6.08 Å². The fourth-order valence-corrected chi connectivity index (χ4v) is 11.7.